The highest BCUT2D eigenvalue weighted by molar-refractivity contribution is 7.18. The summed E-state index contributed by atoms with van der Waals surface area (Å²) in [4.78, 5) is 42.0. The van der Waals surface area contributed by atoms with Crippen LogP contribution in [0.1, 0.15) is 10.4 Å². The summed E-state index contributed by atoms with van der Waals surface area (Å²) in [5.41, 5.74) is 0.488. The van der Waals surface area contributed by atoms with Gasteiger partial charge >= 0.3 is 5.97 Å². The summed E-state index contributed by atoms with van der Waals surface area (Å²) in [6.07, 6.45) is 1.28. The number of aromatic nitrogens is 2. The first kappa shape index (κ1) is 18.7. The number of para-hydroxylation sites is 1. The molecule has 3 aromatic rings. The first-order chi connectivity index (χ1) is 12.9. The zero-order valence-corrected chi connectivity index (χ0v) is 15.4. The van der Waals surface area contributed by atoms with Crippen molar-refractivity contribution in [3.63, 3.8) is 0 Å². The molecule has 2 heterocycles. The number of halogens is 1. The summed E-state index contributed by atoms with van der Waals surface area (Å²) >= 11 is 1.41. The van der Waals surface area contributed by atoms with Crippen LogP contribution in [-0.4, -0.2) is 28.0 Å². The molecule has 0 radical (unpaired) electrons. The molecule has 7 nitrogen and oxygen atoms in total. The van der Waals surface area contributed by atoms with Gasteiger partial charge in [0, 0.05) is 4.88 Å². The van der Waals surface area contributed by atoms with Crippen molar-refractivity contribution >= 4 is 39.1 Å². The maximum absolute atomic E-state index is 13.5. The van der Waals surface area contributed by atoms with Crippen molar-refractivity contribution in [1.29, 1.82) is 0 Å². The van der Waals surface area contributed by atoms with Crippen LogP contribution in [0.15, 0.2) is 35.4 Å². The third-order valence-corrected chi connectivity index (χ3v) is 5.08. The number of fused-ring (bicyclic) bond motifs is 1. The number of carbonyl (C=O) groups excluding carboxylic acids is 2. The normalized spacial score (nSPS) is 10.8. The van der Waals surface area contributed by atoms with Gasteiger partial charge in [0.2, 0.25) is 0 Å². The Labute approximate surface area is 157 Å². The van der Waals surface area contributed by atoms with Gasteiger partial charge in [0.15, 0.2) is 6.61 Å². The number of anilines is 1. The Morgan fingerprint density at radius 1 is 1.30 bits per heavy atom. The van der Waals surface area contributed by atoms with E-state index < -0.39 is 24.3 Å². The minimum Gasteiger partial charge on any atom is -0.454 e. The molecule has 0 fully saturated rings. The average Bonchev–Trinajstić information content (AvgIpc) is 2.92. The number of nitrogens with zero attached hydrogens (tertiary/aromatic N) is 2. The summed E-state index contributed by atoms with van der Waals surface area (Å²) in [5.74, 6) is -2.05. The second kappa shape index (κ2) is 7.67. The summed E-state index contributed by atoms with van der Waals surface area (Å²) in [7, 11) is 0. The number of thiophene rings is 1. The molecule has 140 valence electrons. The van der Waals surface area contributed by atoms with E-state index >= 15 is 0 Å². The number of ether oxygens (including phenoxy) is 1. The van der Waals surface area contributed by atoms with Gasteiger partial charge in [-0.3, -0.25) is 19.0 Å². The quantitative estimate of drug-likeness (QED) is 0.677. The monoisotopic (exact) mass is 389 g/mol. The molecular formula is C18H16FN3O4S. The fourth-order valence-corrected chi connectivity index (χ4v) is 3.45. The summed E-state index contributed by atoms with van der Waals surface area (Å²) < 4.78 is 19.5. The number of benzene rings is 1. The van der Waals surface area contributed by atoms with Crippen LogP contribution in [-0.2, 0) is 20.9 Å². The first-order valence-corrected chi connectivity index (χ1v) is 8.83. The molecule has 1 aromatic carbocycles. The fraction of sp³-hybridized carbons (Fsp3) is 0.222. The lowest BCUT2D eigenvalue weighted by Gasteiger charge is -2.08. The van der Waals surface area contributed by atoms with Gasteiger partial charge in [-0.2, -0.15) is 0 Å². The molecule has 1 amide bonds. The smallest absolute Gasteiger partial charge is 0.326 e. The third kappa shape index (κ3) is 4.03. The van der Waals surface area contributed by atoms with E-state index in [9.17, 15) is 18.8 Å². The molecule has 0 unspecified atom stereocenters. The van der Waals surface area contributed by atoms with Gasteiger partial charge in [-0.25, -0.2) is 9.37 Å². The van der Waals surface area contributed by atoms with Crippen LogP contribution >= 0.6 is 11.3 Å². The predicted molar refractivity (Wildman–Crippen MR) is 99.3 cm³/mol. The predicted octanol–water partition coefficient (Wildman–Crippen LogP) is 2.40. The Morgan fingerprint density at radius 2 is 2.04 bits per heavy atom. The lowest BCUT2D eigenvalue weighted by Crippen LogP contribution is -2.28. The van der Waals surface area contributed by atoms with Crippen LogP contribution in [0.3, 0.4) is 0 Å². The molecule has 0 saturated heterocycles. The van der Waals surface area contributed by atoms with Crippen LogP contribution < -0.4 is 10.9 Å². The molecule has 9 heteroatoms. The number of hydrogen-bond donors (Lipinski definition) is 1. The van der Waals surface area contributed by atoms with Crippen LogP contribution in [0, 0.1) is 19.7 Å². The highest BCUT2D eigenvalue weighted by atomic mass is 32.1. The van der Waals surface area contributed by atoms with Gasteiger partial charge in [-0.1, -0.05) is 12.1 Å². The number of nitrogens with one attached hydrogen (secondary N) is 1. The largest absolute Gasteiger partial charge is 0.454 e. The number of rotatable bonds is 5. The van der Waals surface area contributed by atoms with Crippen molar-refractivity contribution < 1.29 is 18.7 Å². The molecular weight excluding hydrogens is 373 g/mol. The van der Waals surface area contributed by atoms with Gasteiger partial charge < -0.3 is 10.1 Å². The van der Waals surface area contributed by atoms with Crippen molar-refractivity contribution in [3.8, 4) is 0 Å². The molecule has 0 atom stereocenters. The molecule has 0 aliphatic rings. The highest BCUT2D eigenvalue weighted by Gasteiger charge is 2.15. The number of carbonyl (C=O) groups is 2. The Balaban J connectivity index is 1.63. The Kier molecular flexibility index (Phi) is 5.31. The van der Waals surface area contributed by atoms with Crippen molar-refractivity contribution in [2.45, 2.75) is 20.4 Å². The third-order valence-electron chi connectivity index (χ3n) is 3.97. The SMILES string of the molecule is Cc1sc2ncn(CC(=O)OCC(=O)Nc3ccccc3F)c(=O)c2c1C. The fourth-order valence-electron chi connectivity index (χ4n) is 2.46. The number of hydrogen-bond acceptors (Lipinski definition) is 6. The van der Waals surface area contributed by atoms with E-state index in [0.29, 0.717) is 10.2 Å². The molecule has 1 N–H and O–H groups in total. The topological polar surface area (TPSA) is 90.3 Å². The van der Waals surface area contributed by atoms with Gasteiger partial charge in [0.05, 0.1) is 17.4 Å². The second-order valence-corrected chi connectivity index (χ2v) is 7.03. The molecule has 2 aromatic heterocycles. The summed E-state index contributed by atoms with van der Waals surface area (Å²) in [6.45, 7) is 2.76. The van der Waals surface area contributed by atoms with Crippen molar-refractivity contribution in [2.75, 3.05) is 11.9 Å². The van der Waals surface area contributed by atoms with E-state index in [0.717, 1.165) is 15.0 Å². The van der Waals surface area contributed by atoms with Crippen LogP contribution in [0.25, 0.3) is 10.2 Å². The summed E-state index contributed by atoms with van der Waals surface area (Å²) in [5, 5.41) is 2.78. The zero-order valence-electron chi connectivity index (χ0n) is 14.6. The molecule has 0 aliphatic heterocycles. The standard InChI is InChI=1S/C18H16FN3O4S/c1-10-11(2)27-17-16(10)18(25)22(9-20-17)7-15(24)26-8-14(23)21-13-6-4-3-5-12(13)19/h3-6,9H,7-8H2,1-2H3,(H,21,23). The molecule has 3 rings (SSSR count). The van der Waals surface area contributed by atoms with E-state index in [2.05, 4.69) is 10.3 Å². The lowest BCUT2D eigenvalue weighted by atomic mass is 10.2. The van der Waals surface area contributed by atoms with E-state index in [1.165, 1.54) is 35.9 Å². The molecule has 0 spiro atoms. The van der Waals surface area contributed by atoms with Gasteiger partial charge in [-0.15, -0.1) is 11.3 Å². The maximum Gasteiger partial charge on any atom is 0.326 e. The summed E-state index contributed by atoms with van der Waals surface area (Å²) in [6, 6.07) is 5.64. The maximum atomic E-state index is 13.5. The van der Waals surface area contributed by atoms with Gasteiger partial charge in [0.1, 0.15) is 17.2 Å². The van der Waals surface area contributed by atoms with Crippen molar-refractivity contribution in [2.24, 2.45) is 0 Å². The minimum absolute atomic E-state index is 0.00674. The number of esters is 1. The molecule has 0 saturated carbocycles. The van der Waals surface area contributed by atoms with Gasteiger partial charge in [-0.05, 0) is 31.5 Å². The molecule has 27 heavy (non-hydrogen) atoms. The molecule has 0 bridgehead atoms. The van der Waals surface area contributed by atoms with E-state index in [1.807, 2.05) is 13.8 Å². The van der Waals surface area contributed by atoms with E-state index in [1.54, 1.807) is 6.07 Å². The second-order valence-electron chi connectivity index (χ2n) is 5.83. The lowest BCUT2D eigenvalue weighted by molar-refractivity contribution is -0.147. The average molecular weight is 389 g/mol. The minimum atomic E-state index is -0.772. The van der Waals surface area contributed by atoms with Crippen LogP contribution in [0.2, 0.25) is 0 Å². The Morgan fingerprint density at radius 3 is 2.78 bits per heavy atom. The Bertz CT molecular complexity index is 1090. The van der Waals surface area contributed by atoms with E-state index in [-0.39, 0.29) is 17.8 Å². The number of aryl methyl sites for hydroxylation is 2. The number of amides is 1. The highest BCUT2D eigenvalue weighted by Crippen LogP contribution is 2.25. The van der Waals surface area contributed by atoms with Crippen molar-refractivity contribution in [1.82, 2.24) is 9.55 Å². The first-order valence-electron chi connectivity index (χ1n) is 8.02. The van der Waals surface area contributed by atoms with Gasteiger partial charge in [0.25, 0.3) is 11.5 Å². The zero-order chi connectivity index (χ0) is 19.6. The van der Waals surface area contributed by atoms with Crippen LogP contribution in [0.4, 0.5) is 10.1 Å². The van der Waals surface area contributed by atoms with Crippen molar-refractivity contribution in [3.05, 3.63) is 57.2 Å². The van der Waals surface area contributed by atoms with Crippen LogP contribution in [0.5, 0.6) is 0 Å². The molecule has 0 aliphatic carbocycles. The Hall–Kier alpha value is -3.07. The van der Waals surface area contributed by atoms with E-state index in [4.69, 9.17) is 4.74 Å².